The van der Waals surface area contributed by atoms with Crippen molar-refractivity contribution in [2.24, 2.45) is 0 Å². The number of carbonyl (C=O) groups excluding carboxylic acids is 1. The molecule has 0 saturated carbocycles. The van der Waals surface area contributed by atoms with Crippen molar-refractivity contribution in [3.05, 3.63) is 12.2 Å². The van der Waals surface area contributed by atoms with Gasteiger partial charge in [-0.25, -0.2) is 0 Å². The molecule has 0 bridgehead atoms. The van der Waals surface area contributed by atoms with Crippen molar-refractivity contribution in [1.29, 1.82) is 0 Å². The van der Waals surface area contributed by atoms with E-state index in [1.54, 1.807) is 26.0 Å². The average Bonchev–Trinajstić information content (AvgIpc) is 1.82. The van der Waals surface area contributed by atoms with Crippen LogP contribution in [0.1, 0.15) is 20.8 Å². The molecule has 0 amide bonds. The van der Waals surface area contributed by atoms with Crippen LogP contribution in [0.5, 0.6) is 0 Å². The first-order valence-electron chi connectivity index (χ1n) is 3.56. The van der Waals surface area contributed by atoms with Crippen LogP contribution in [0.4, 0.5) is 0 Å². The van der Waals surface area contributed by atoms with E-state index in [1.165, 1.54) is 6.92 Å². The summed E-state index contributed by atoms with van der Waals surface area (Å²) in [4.78, 5) is 10.4. The van der Waals surface area contributed by atoms with Crippen LogP contribution < -0.4 is 0 Å². The summed E-state index contributed by atoms with van der Waals surface area (Å²) in [5, 5.41) is 8.81. The molecule has 0 rings (SSSR count). The van der Waals surface area contributed by atoms with Gasteiger partial charge in [0.25, 0.3) is 0 Å². The third-order valence-corrected chi connectivity index (χ3v) is 1.01. The van der Waals surface area contributed by atoms with E-state index in [0.29, 0.717) is 0 Å². The number of ether oxygens (including phenoxy) is 1. The number of aliphatic hydroxyl groups is 1. The summed E-state index contributed by atoms with van der Waals surface area (Å²) in [6, 6.07) is 0. The number of hydrogen-bond donors (Lipinski definition) is 1. The zero-order chi connectivity index (χ0) is 8.85. The Balaban J connectivity index is 3.68. The van der Waals surface area contributed by atoms with Crippen molar-refractivity contribution in [3.63, 3.8) is 0 Å². The van der Waals surface area contributed by atoms with Crippen LogP contribution in [-0.4, -0.2) is 23.3 Å². The fraction of sp³-hybridized carbons (Fsp3) is 0.625. The molecule has 11 heavy (non-hydrogen) atoms. The topological polar surface area (TPSA) is 46.5 Å². The summed E-state index contributed by atoms with van der Waals surface area (Å²) in [5.74, 6) is -0.312. The molecule has 0 heterocycles. The number of carbonyl (C=O) groups is 1. The number of esters is 1. The van der Waals surface area contributed by atoms with Crippen LogP contribution >= 0.6 is 0 Å². The van der Waals surface area contributed by atoms with Crippen molar-refractivity contribution >= 4 is 5.97 Å². The quantitative estimate of drug-likeness (QED) is 0.489. The van der Waals surface area contributed by atoms with E-state index in [4.69, 9.17) is 9.84 Å². The molecular formula is C8H14O3. The van der Waals surface area contributed by atoms with Crippen molar-refractivity contribution in [2.45, 2.75) is 33.0 Å². The van der Waals surface area contributed by atoms with Crippen LogP contribution in [0.2, 0.25) is 0 Å². The van der Waals surface area contributed by atoms with E-state index < -0.39 is 6.10 Å². The van der Waals surface area contributed by atoms with E-state index in [2.05, 4.69) is 0 Å². The maximum atomic E-state index is 10.4. The van der Waals surface area contributed by atoms with Crippen LogP contribution in [0.25, 0.3) is 0 Å². The fourth-order valence-electron chi connectivity index (χ4n) is 0.618. The van der Waals surface area contributed by atoms with Crippen molar-refractivity contribution in [2.75, 3.05) is 0 Å². The molecule has 64 valence electrons. The van der Waals surface area contributed by atoms with Crippen LogP contribution in [0.15, 0.2) is 12.2 Å². The van der Waals surface area contributed by atoms with E-state index in [9.17, 15) is 4.79 Å². The summed E-state index contributed by atoms with van der Waals surface area (Å²) >= 11 is 0. The predicted octanol–water partition coefficient (Wildman–Crippen LogP) is 0.875. The van der Waals surface area contributed by atoms with Gasteiger partial charge in [-0.05, 0) is 19.9 Å². The lowest BCUT2D eigenvalue weighted by molar-refractivity contribution is -0.143. The molecular weight excluding hydrogens is 144 g/mol. The fourth-order valence-corrected chi connectivity index (χ4v) is 0.618. The Hall–Kier alpha value is -0.830. The lowest BCUT2D eigenvalue weighted by atomic mass is 10.3. The molecule has 3 nitrogen and oxygen atoms in total. The molecule has 0 aliphatic carbocycles. The van der Waals surface area contributed by atoms with E-state index >= 15 is 0 Å². The number of rotatable bonds is 3. The molecule has 0 aliphatic rings. The van der Waals surface area contributed by atoms with Crippen molar-refractivity contribution in [1.82, 2.24) is 0 Å². The first-order valence-corrected chi connectivity index (χ1v) is 3.56. The molecule has 3 heteroatoms. The maximum Gasteiger partial charge on any atom is 0.303 e. The molecule has 0 radical (unpaired) electrons. The highest BCUT2D eigenvalue weighted by molar-refractivity contribution is 5.66. The highest BCUT2D eigenvalue weighted by Gasteiger charge is 1.99. The number of aliphatic hydroxyl groups excluding tert-OH is 1. The Labute approximate surface area is 66.7 Å². The third kappa shape index (κ3) is 7.06. The van der Waals surface area contributed by atoms with Gasteiger partial charge in [-0.3, -0.25) is 4.79 Å². The zero-order valence-electron chi connectivity index (χ0n) is 7.07. The minimum absolute atomic E-state index is 0.262. The Bertz CT molecular complexity index is 149. The second kappa shape index (κ2) is 4.91. The van der Waals surface area contributed by atoms with Crippen LogP contribution in [0.3, 0.4) is 0 Å². The summed E-state index contributed by atoms with van der Waals surface area (Å²) in [5.41, 5.74) is 0. The van der Waals surface area contributed by atoms with E-state index in [1.807, 2.05) is 0 Å². The van der Waals surface area contributed by atoms with Gasteiger partial charge in [0.15, 0.2) is 0 Å². The normalized spacial score (nSPS) is 16.4. The standard InChI is InChI=1S/C8H14O3/c1-6(9)4-5-7(2)11-8(3)10/h4-7,9H,1-3H3/b5-4+/t6-,7+/m0/s1. The zero-order valence-corrected chi connectivity index (χ0v) is 7.07. The maximum absolute atomic E-state index is 10.4. The summed E-state index contributed by atoms with van der Waals surface area (Å²) in [6.45, 7) is 4.73. The summed E-state index contributed by atoms with van der Waals surface area (Å²) in [6.07, 6.45) is 2.47. The Morgan fingerprint density at radius 3 is 2.36 bits per heavy atom. The van der Waals surface area contributed by atoms with Gasteiger partial charge in [0.05, 0.1) is 6.10 Å². The molecule has 0 unspecified atom stereocenters. The monoisotopic (exact) mass is 158 g/mol. The molecule has 1 N–H and O–H groups in total. The Morgan fingerprint density at radius 1 is 1.45 bits per heavy atom. The Morgan fingerprint density at radius 2 is 2.00 bits per heavy atom. The van der Waals surface area contributed by atoms with Gasteiger partial charge in [0.1, 0.15) is 6.10 Å². The number of hydrogen-bond acceptors (Lipinski definition) is 3. The van der Waals surface area contributed by atoms with Crippen molar-refractivity contribution < 1.29 is 14.6 Å². The SMILES string of the molecule is CC(=O)O[C@H](C)/C=C/[C@H](C)O. The molecule has 0 spiro atoms. The second-order valence-electron chi connectivity index (χ2n) is 2.44. The molecule has 0 aromatic heterocycles. The lowest BCUT2D eigenvalue weighted by Gasteiger charge is -2.06. The minimum atomic E-state index is -0.493. The minimum Gasteiger partial charge on any atom is -0.459 e. The highest BCUT2D eigenvalue weighted by Crippen LogP contribution is 1.94. The second-order valence-corrected chi connectivity index (χ2v) is 2.44. The summed E-state index contributed by atoms with van der Waals surface area (Å²) in [7, 11) is 0. The molecule has 0 aromatic carbocycles. The van der Waals surface area contributed by atoms with Gasteiger partial charge in [-0.2, -0.15) is 0 Å². The lowest BCUT2D eigenvalue weighted by Crippen LogP contribution is -2.09. The molecule has 0 fully saturated rings. The molecule has 0 aliphatic heterocycles. The largest absolute Gasteiger partial charge is 0.459 e. The van der Waals surface area contributed by atoms with Gasteiger partial charge in [-0.15, -0.1) is 0 Å². The Kier molecular flexibility index (Phi) is 4.54. The van der Waals surface area contributed by atoms with Gasteiger partial charge in [0.2, 0.25) is 0 Å². The first-order chi connectivity index (χ1) is 5.02. The van der Waals surface area contributed by atoms with Gasteiger partial charge in [0, 0.05) is 6.92 Å². The third-order valence-electron chi connectivity index (χ3n) is 1.01. The van der Waals surface area contributed by atoms with Gasteiger partial charge in [-0.1, -0.05) is 6.08 Å². The summed E-state index contributed by atoms with van der Waals surface area (Å²) < 4.78 is 4.76. The highest BCUT2D eigenvalue weighted by atomic mass is 16.5. The molecule has 0 aromatic rings. The predicted molar refractivity (Wildman–Crippen MR) is 42.0 cm³/mol. The van der Waals surface area contributed by atoms with E-state index in [-0.39, 0.29) is 12.1 Å². The van der Waals surface area contributed by atoms with E-state index in [0.717, 1.165) is 0 Å². The van der Waals surface area contributed by atoms with Gasteiger partial charge < -0.3 is 9.84 Å². The van der Waals surface area contributed by atoms with Gasteiger partial charge >= 0.3 is 5.97 Å². The van der Waals surface area contributed by atoms with Crippen molar-refractivity contribution in [3.8, 4) is 0 Å². The van der Waals surface area contributed by atoms with Crippen LogP contribution in [0, 0.1) is 0 Å². The smallest absolute Gasteiger partial charge is 0.303 e. The average molecular weight is 158 g/mol. The molecule has 2 atom stereocenters. The molecule has 0 saturated heterocycles. The van der Waals surface area contributed by atoms with Crippen LogP contribution in [-0.2, 0) is 9.53 Å². The first kappa shape index (κ1) is 10.2.